The Kier molecular flexibility index (Phi) is 5.97. The van der Waals surface area contributed by atoms with Crippen molar-refractivity contribution in [3.63, 3.8) is 0 Å². The van der Waals surface area contributed by atoms with Crippen molar-refractivity contribution >= 4 is 11.6 Å². The van der Waals surface area contributed by atoms with E-state index in [1.807, 2.05) is 0 Å². The Morgan fingerprint density at radius 3 is 2.48 bits per heavy atom. The number of carbonyl (C=O) groups excluding carboxylic acids is 1. The third-order valence-corrected chi connectivity index (χ3v) is 7.71. The van der Waals surface area contributed by atoms with Gasteiger partial charge in [0.2, 0.25) is 5.91 Å². The number of piperidine rings is 1. The molecule has 0 spiro atoms. The van der Waals surface area contributed by atoms with E-state index in [1.54, 1.807) is 0 Å². The molecule has 4 fully saturated rings. The third-order valence-electron chi connectivity index (χ3n) is 7.71. The van der Waals surface area contributed by atoms with Crippen LogP contribution in [0.1, 0.15) is 37.7 Å². The number of benzene rings is 1. The van der Waals surface area contributed by atoms with Crippen molar-refractivity contribution in [2.75, 3.05) is 25.0 Å². The van der Waals surface area contributed by atoms with Gasteiger partial charge in [-0.3, -0.25) is 4.79 Å². The number of carbonyl (C=O) groups is 1. The number of amides is 1. The Hall–Kier alpha value is -2.35. The standard InChI is InChI=1S/C23H29F3N6O/c24-23(25,26)15-2-4-16(5-3-15)29-21-20-19(8-9-28-22(20)33)32(30-21)18-7-6-17(12-14(18)13-27)31-10-1-11-31/h2-5,14,17-21,29-30H,1,6-12H2,(H,28,33)/t14-,17-,18+,19?,20?,21?/m0/s1. The normalized spacial score (nSPS) is 35.3. The molecule has 5 rings (SSSR count). The van der Waals surface area contributed by atoms with Crippen molar-refractivity contribution in [3.05, 3.63) is 29.8 Å². The first-order valence-corrected chi connectivity index (χ1v) is 11.7. The molecule has 3 unspecified atom stereocenters. The molecule has 1 amide bonds. The van der Waals surface area contributed by atoms with E-state index >= 15 is 0 Å². The van der Waals surface area contributed by atoms with Crippen molar-refractivity contribution in [1.29, 1.82) is 5.26 Å². The minimum absolute atomic E-state index is 0.00494. The second kappa shape index (κ2) is 8.78. The highest BCUT2D eigenvalue weighted by molar-refractivity contribution is 5.82. The number of nitrogens with zero attached hydrogens (tertiary/aromatic N) is 3. The number of anilines is 1. The maximum absolute atomic E-state index is 12.9. The number of hydrazine groups is 1. The lowest BCUT2D eigenvalue weighted by Gasteiger charge is -2.46. The van der Waals surface area contributed by atoms with E-state index in [0.717, 1.165) is 50.9 Å². The van der Waals surface area contributed by atoms with E-state index in [4.69, 9.17) is 0 Å². The molecule has 0 aromatic heterocycles. The molecular formula is C23H29F3N6O. The summed E-state index contributed by atoms with van der Waals surface area (Å²) in [6, 6.07) is 7.77. The van der Waals surface area contributed by atoms with Crippen LogP contribution in [0.5, 0.6) is 0 Å². The minimum Gasteiger partial charge on any atom is -0.368 e. The van der Waals surface area contributed by atoms with Gasteiger partial charge in [0.25, 0.3) is 0 Å². The summed E-state index contributed by atoms with van der Waals surface area (Å²) >= 11 is 0. The first kappa shape index (κ1) is 22.4. The van der Waals surface area contributed by atoms with Crippen LogP contribution in [-0.4, -0.2) is 59.7 Å². The Balaban J connectivity index is 1.33. The molecule has 3 heterocycles. The number of nitriles is 1. The minimum atomic E-state index is -4.39. The van der Waals surface area contributed by atoms with E-state index in [1.165, 1.54) is 18.6 Å². The molecular weight excluding hydrogens is 433 g/mol. The maximum Gasteiger partial charge on any atom is 0.416 e. The summed E-state index contributed by atoms with van der Waals surface area (Å²) in [5.41, 5.74) is 3.24. The summed E-state index contributed by atoms with van der Waals surface area (Å²) in [7, 11) is 0. The van der Waals surface area contributed by atoms with Gasteiger partial charge in [-0.2, -0.15) is 18.4 Å². The largest absolute Gasteiger partial charge is 0.416 e. The molecule has 10 heteroatoms. The van der Waals surface area contributed by atoms with E-state index < -0.39 is 23.8 Å². The molecule has 3 N–H and O–H groups in total. The Morgan fingerprint density at radius 2 is 1.85 bits per heavy atom. The molecule has 3 saturated heterocycles. The number of hydrogen-bond donors (Lipinski definition) is 3. The lowest BCUT2D eigenvalue weighted by atomic mass is 9.79. The van der Waals surface area contributed by atoms with E-state index in [0.29, 0.717) is 18.3 Å². The van der Waals surface area contributed by atoms with Gasteiger partial charge in [0.1, 0.15) is 6.17 Å². The van der Waals surface area contributed by atoms with E-state index in [9.17, 15) is 23.2 Å². The highest BCUT2D eigenvalue weighted by atomic mass is 19.4. The molecule has 7 nitrogen and oxygen atoms in total. The zero-order valence-corrected chi connectivity index (χ0v) is 18.3. The van der Waals surface area contributed by atoms with Crippen LogP contribution < -0.4 is 16.1 Å². The first-order chi connectivity index (χ1) is 15.8. The van der Waals surface area contributed by atoms with Crippen LogP contribution in [0.15, 0.2) is 24.3 Å². The van der Waals surface area contributed by atoms with Crippen LogP contribution in [0, 0.1) is 23.2 Å². The van der Waals surface area contributed by atoms with Gasteiger partial charge in [-0.25, -0.2) is 10.4 Å². The Bertz CT molecular complexity index is 912. The van der Waals surface area contributed by atoms with Crippen molar-refractivity contribution in [1.82, 2.24) is 20.7 Å². The van der Waals surface area contributed by atoms with Gasteiger partial charge in [0, 0.05) is 30.4 Å². The van der Waals surface area contributed by atoms with Gasteiger partial charge in [0.05, 0.1) is 23.5 Å². The number of rotatable bonds is 4. The highest BCUT2D eigenvalue weighted by Crippen LogP contribution is 2.38. The molecule has 33 heavy (non-hydrogen) atoms. The molecule has 1 aromatic rings. The lowest BCUT2D eigenvalue weighted by molar-refractivity contribution is -0.137. The first-order valence-electron chi connectivity index (χ1n) is 11.7. The van der Waals surface area contributed by atoms with Gasteiger partial charge in [-0.1, -0.05) is 0 Å². The van der Waals surface area contributed by atoms with Gasteiger partial charge >= 0.3 is 6.18 Å². The number of nitrogens with one attached hydrogen (secondary N) is 3. The fourth-order valence-electron chi connectivity index (χ4n) is 5.88. The van der Waals surface area contributed by atoms with Crippen molar-refractivity contribution in [2.24, 2.45) is 11.8 Å². The van der Waals surface area contributed by atoms with E-state index in [2.05, 4.69) is 32.0 Å². The zero-order chi connectivity index (χ0) is 23.2. The second-order valence-corrected chi connectivity index (χ2v) is 9.57. The summed E-state index contributed by atoms with van der Waals surface area (Å²) in [5.74, 6) is -0.603. The Morgan fingerprint density at radius 1 is 1.09 bits per heavy atom. The van der Waals surface area contributed by atoms with Crippen molar-refractivity contribution in [2.45, 2.75) is 62.6 Å². The van der Waals surface area contributed by atoms with Gasteiger partial charge in [-0.05, 0) is 69.5 Å². The van der Waals surface area contributed by atoms with Gasteiger partial charge in [0.15, 0.2) is 0 Å². The molecule has 1 aliphatic carbocycles. The zero-order valence-electron chi connectivity index (χ0n) is 18.3. The topological polar surface area (TPSA) is 83.4 Å². The number of halogens is 3. The molecule has 3 aliphatic heterocycles. The van der Waals surface area contributed by atoms with Crippen LogP contribution in [0.2, 0.25) is 0 Å². The van der Waals surface area contributed by atoms with Crippen LogP contribution >= 0.6 is 0 Å². The molecule has 178 valence electrons. The summed E-state index contributed by atoms with van der Waals surface area (Å²) < 4.78 is 38.7. The molecule has 0 bridgehead atoms. The van der Waals surface area contributed by atoms with Gasteiger partial charge in [-0.15, -0.1) is 0 Å². The van der Waals surface area contributed by atoms with Crippen molar-refractivity contribution < 1.29 is 18.0 Å². The Labute approximate surface area is 191 Å². The summed E-state index contributed by atoms with van der Waals surface area (Å²) in [4.78, 5) is 15.3. The van der Waals surface area contributed by atoms with Crippen LogP contribution in [0.25, 0.3) is 0 Å². The predicted octanol–water partition coefficient (Wildman–Crippen LogP) is 2.53. The molecule has 0 radical (unpaired) electrons. The number of alkyl halides is 3. The lowest BCUT2D eigenvalue weighted by Crippen LogP contribution is -2.57. The van der Waals surface area contributed by atoms with Gasteiger partial charge < -0.3 is 15.5 Å². The fraction of sp³-hybridized carbons (Fsp3) is 0.652. The summed E-state index contributed by atoms with van der Waals surface area (Å²) in [5, 5.41) is 18.2. The number of hydrogen-bond acceptors (Lipinski definition) is 6. The molecule has 1 saturated carbocycles. The van der Waals surface area contributed by atoms with Crippen molar-refractivity contribution in [3.8, 4) is 6.07 Å². The van der Waals surface area contributed by atoms with Crippen LogP contribution in [0.3, 0.4) is 0 Å². The molecule has 1 aromatic carbocycles. The second-order valence-electron chi connectivity index (χ2n) is 9.57. The SMILES string of the molecule is N#C[C@@H]1C[C@@H](N2CCC2)CC[C@H]1N1NC(Nc2ccc(C(F)(F)F)cc2)C2C(=O)NCCC21. The summed E-state index contributed by atoms with van der Waals surface area (Å²) in [6.07, 6.45) is -0.123. The third kappa shape index (κ3) is 4.29. The molecule has 4 aliphatic rings. The average Bonchev–Trinajstić information content (AvgIpc) is 3.11. The fourth-order valence-corrected chi connectivity index (χ4v) is 5.88. The quantitative estimate of drug-likeness (QED) is 0.638. The van der Waals surface area contributed by atoms with Crippen LogP contribution in [-0.2, 0) is 11.0 Å². The summed E-state index contributed by atoms with van der Waals surface area (Å²) in [6.45, 7) is 2.80. The smallest absolute Gasteiger partial charge is 0.368 e. The van der Waals surface area contributed by atoms with E-state index in [-0.39, 0.29) is 23.9 Å². The predicted molar refractivity (Wildman–Crippen MR) is 115 cm³/mol. The average molecular weight is 463 g/mol. The number of likely N-dealkylation sites (tertiary alicyclic amines) is 1. The molecule has 6 atom stereocenters. The maximum atomic E-state index is 12.9. The highest BCUT2D eigenvalue weighted by Gasteiger charge is 2.52. The monoisotopic (exact) mass is 462 g/mol. The van der Waals surface area contributed by atoms with Crippen LogP contribution in [0.4, 0.5) is 18.9 Å². The number of fused-ring (bicyclic) bond motifs is 1.